The number of carbonyl (C=O) groups is 1. The molecule has 2 aliphatic heterocycles. The van der Waals surface area contributed by atoms with Crippen LogP contribution in [0.2, 0.25) is 0 Å². The molecular formula is C33H36N2O4. The Balaban J connectivity index is 1.23. The monoisotopic (exact) mass is 524 g/mol. The third-order valence-corrected chi connectivity index (χ3v) is 9.39. The molecule has 2 fully saturated rings. The van der Waals surface area contributed by atoms with E-state index in [0.29, 0.717) is 25.7 Å². The van der Waals surface area contributed by atoms with Crippen molar-refractivity contribution in [2.75, 3.05) is 25.0 Å². The van der Waals surface area contributed by atoms with Gasteiger partial charge in [-0.2, -0.15) is 0 Å². The molecule has 6 heteroatoms. The Bertz CT molecular complexity index is 1340. The van der Waals surface area contributed by atoms with E-state index in [1.807, 2.05) is 53.4 Å². The number of hydrogen-bond acceptors (Lipinski definition) is 5. The Morgan fingerprint density at radius 1 is 1.00 bits per heavy atom. The number of nitrogens with zero attached hydrogens (tertiary/aromatic N) is 1. The van der Waals surface area contributed by atoms with E-state index < -0.39 is 0 Å². The lowest BCUT2D eigenvalue weighted by atomic mass is 9.52. The van der Waals surface area contributed by atoms with E-state index in [-0.39, 0.29) is 17.6 Å². The van der Waals surface area contributed by atoms with Crippen molar-refractivity contribution < 1.29 is 19.0 Å². The lowest BCUT2D eigenvalue weighted by molar-refractivity contribution is -0.0137. The maximum absolute atomic E-state index is 13.5. The Kier molecular flexibility index (Phi) is 6.34. The first-order valence-electron chi connectivity index (χ1n) is 14.4. The van der Waals surface area contributed by atoms with Crippen LogP contribution in [0, 0.1) is 5.92 Å². The minimum Gasteiger partial charge on any atom is -0.486 e. The highest BCUT2D eigenvalue weighted by molar-refractivity contribution is 5.75. The molecule has 0 radical (unpaired) electrons. The quantitative estimate of drug-likeness (QED) is 0.415. The largest absolute Gasteiger partial charge is 0.486 e. The van der Waals surface area contributed by atoms with Gasteiger partial charge in [0.1, 0.15) is 19.8 Å². The van der Waals surface area contributed by atoms with Crippen LogP contribution in [0.3, 0.4) is 0 Å². The summed E-state index contributed by atoms with van der Waals surface area (Å²) in [5.74, 6) is 2.08. The molecule has 1 saturated carbocycles. The van der Waals surface area contributed by atoms with E-state index >= 15 is 0 Å². The molecule has 2 bridgehead atoms. The lowest BCUT2D eigenvalue weighted by Gasteiger charge is -2.59. The standard InChI is InChI=1S/C33H36N2O4/c36-32(39-22-24-11-5-2-6-12-24)35-17-15-33-14-8-7-13-26(33)28(35)19-25-27(33)20-29(31-30(25)34-16-18-37-31)38-21-23-9-3-1-4-10-23/h1-6,9-12,20,26,28,34H,7-8,13-19,21-22H2/t26-,28+,33+/m1/s1. The van der Waals surface area contributed by atoms with Crippen LogP contribution in [-0.4, -0.2) is 36.7 Å². The van der Waals surface area contributed by atoms with Gasteiger partial charge in [0.2, 0.25) is 0 Å². The normalized spacial score (nSPS) is 24.8. The summed E-state index contributed by atoms with van der Waals surface area (Å²) in [5, 5.41) is 3.66. The van der Waals surface area contributed by atoms with Gasteiger partial charge in [0.25, 0.3) is 0 Å². The van der Waals surface area contributed by atoms with Gasteiger partial charge in [0.15, 0.2) is 11.5 Å². The van der Waals surface area contributed by atoms with Crippen LogP contribution in [0.5, 0.6) is 11.5 Å². The van der Waals surface area contributed by atoms with E-state index in [1.54, 1.807) is 0 Å². The van der Waals surface area contributed by atoms with Gasteiger partial charge < -0.3 is 24.4 Å². The highest BCUT2D eigenvalue weighted by Gasteiger charge is 2.56. The van der Waals surface area contributed by atoms with Gasteiger partial charge in [-0.25, -0.2) is 4.79 Å². The first-order chi connectivity index (χ1) is 19.2. The second kappa shape index (κ2) is 10.1. The zero-order chi connectivity index (χ0) is 26.2. The van der Waals surface area contributed by atoms with E-state index in [0.717, 1.165) is 67.1 Å². The molecule has 1 amide bonds. The van der Waals surface area contributed by atoms with Crippen molar-refractivity contribution in [1.29, 1.82) is 0 Å². The van der Waals surface area contributed by atoms with Crippen molar-refractivity contribution in [3.8, 4) is 11.5 Å². The molecule has 2 aliphatic carbocycles. The topological polar surface area (TPSA) is 60.0 Å². The van der Waals surface area contributed by atoms with Crippen molar-refractivity contribution in [3.05, 3.63) is 89.0 Å². The molecule has 0 spiro atoms. The van der Waals surface area contributed by atoms with Gasteiger partial charge in [-0.3, -0.25) is 0 Å². The molecule has 7 rings (SSSR count). The summed E-state index contributed by atoms with van der Waals surface area (Å²) in [7, 11) is 0. The third kappa shape index (κ3) is 4.30. The molecule has 6 nitrogen and oxygen atoms in total. The summed E-state index contributed by atoms with van der Waals surface area (Å²) >= 11 is 0. The maximum Gasteiger partial charge on any atom is 0.410 e. The van der Waals surface area contributed by atoms with Gasteiger partial charge in [-0.1, -0.05) is 73.5 Å². The number of ether oxygens (including phenoxy) is 3. The van der Waals surface area contributed by atoms with Gasteiger partial charge in [-0.15, -0.1) is 0 Å². The zero-order valence-corrected chi connectivity index (χ0v) is 22.4. The van der Waals surface area contributed by atoms with E-state index in [4.69, 9.17) is 14.2 Å². The lowest BCUT2D eigenvalue weighted by Crippen LogP contribution is -2.62. The van der Waals surface area contributed by atoms with E-state index in [1.165, 1.54) is 24.0 Å². The van der Waals surface area contributed by atoms with Crippen molar-refractivity contribution in [3.63, 3.8) is 0 Å². The van der Waals surface area contributed by atoms with Crippen LogP contribution >= 0.6 is 0 Å². The van der Waals surface area contributed by atoms with Crippen molar-refractivity contribution in [2.45, 2.75) is 63.2 Å². The predicted octanol–water partition coefficient (Wildman–Crippen LogP) is 6.47. The van der Waals surface area contributed by atoms with Crippen molar-refractivity contribution in [1.82, 2.24) is 4.90 Å². The van der Waals surface area contributed by atoms with Crippen molar-refractivity contribution in [2.24, 2.45) is 5.92 Å². The molecule has 0 unspecified atom stereocenters. The Labute approximate surface area is 230 Å². The fraction of sp³-hybridized carbons (Fsp3) is 0.424. The zero-order valence-electron chi connectivity index (χ0n) is 22.4. The second-order valence-corrected chi connectivity index (χ2v) is 11.4. The molecule has 39 heavy (non-hydrogen) atoms. The summed E-state index contributed by atoms with van der Waals surface area (Å²) < 4.78 is 18.5. The van der Waals surface area contributed by atoms with Gasteiger partial charge in [0, 0.05) is 24.5 Å². The summed E-state index contributed by atoms with van der Waals surface area (Å²) in [6, 6.07) is 22.7. The number of carbonyl (C=O) groups excluding carboxylic acids is 1. The molecule has 2 heterocycles. The highest BCUT2D eigenvalue weighted by Crippen LogP contribution is 2.59. The van der Waals surface area contributed by atoms with Gasteiger partial charge in [-0.05, 0) is 59.9 Å². The average Bonchev–Trinajstić information content (AvgIpc) is 3.00. The first-order valence-corrected chi connectivity index (χ1v) is 14.4. The van der Waals surface area contributed by atoms with Gasteiger partial charge >= 0.3 is 6.09 Å². The number of nitrogens with one attached hydrogen (secondary N) is 1. The Hall–Kier alpha value is -3.67. The van der Waals surface area contributed by atoms with Crippen molar-refractivity contribution >= 4 is 11.8 Å². The van der Waals surface area contributed by atoms with E-state index in [9.17, 15) is 4.79 Å². The number of rotatable bonds is 5. The fourth-order valence-corrected chi connectivity index (χ4v) is 7.64. The Morgan fingerprint density at radius 3 is 2.56 bits per heavy atom. The number of fused-ring (bicyclic) bond motifs is 3. The minimum atomic E-state index is -0.188. The SMILES string of the molecule is O=C(OCc1ccccc1)N1CC[C@@]23CCCC[C@@H]2[C@@H]1Cc1c3cc(OCc2ccccc2)c2c1NCCO2. The van der Waals surface area contributed by atoms with E-state index in [2.05, 4.69) is 23.5 Å². The van der Waals surface area contributed by atoms with Crippen LogP contribution in [0.15, 0.2) is 66.7 Å². The van der Waals surface area contributed by atoms with Crippen LogP contribution in [-0.2, 0) is 29.8 Å². The van der Waals surface area contributed by atoms with Crippen LogP contribution in [0.25, 0.3) is 0 Å². The molecule has 0 aromatic heterocycles. The summed E-state index contributed by atoms with van der Waals surface area (Å²) in [6.45, 7) is 2.93. The van der Waals surface area contributed by atoms with Crippen LogP contribution in [0.1, 0.15) is 54.4 Å². The molecule has 202 valence electrons. The number of hydrogen-bond donors (Lipinski definition) is 1. The third-order valence-electron chi connectivity index (χ3n) is 9.39. The molecule has 1 saturated heterocycles. The second-order valence-electron chi connectivity index (χ2n) is 11.4. The number of amides is 1. The predicted molar refractivity (Wildman–Crippen MR) is 150 cm³/mol. The molecule has 3 aromatic rings. The highest BCUT2D eigenvalue weighted by atomic mass is 16.6. The summed E-state index contributed by atoms with van der Waals surface area (Å²) in [4.78, 5) is 15.5. The average molecular weight is 525 g/mol. The minimum absolute atomic E-state index is 0.0612. The molecular weight excluding hydrogens is 488 g/mol. The Morgan fingerprint density at radius 2 is 1.77 bits per heavy atom. The maximum atomic E-state index is 13.5. The summed E-state index contributed by atoms with van der Waals surface area (Å²) in [6.07, 6.45) is 6.34. The number of benzene rings is 3. The van der Waals surface area contributed by atoms with Gasteiger partial charge in [0.05, 0.1) is 5.69 Å². The first kappa shape index (κ1) is 24.4. The van der Waals surface area contributed by atoms with Crippen LogP contribution in [0.4, 0.5) is 10.5 Å². The molecule has 3 aromatic carbocycles. The molecule has 1 N–H and O–H groups in total. The van der Waals surface area contributed by atoms with Crippen LogP contribution < -0.4 is 14.8 Å². The molecule has 3 atom stereocenters. The number of likely N-dealkylation sites (tertiary alicyclic amines) is 1. The molecule has 4 aliphatic rings. The fourth-order valence-electron chi connectivity index (χ4n) is 7.64. The summed E-state index contributed by atoms with van der Waals surface area (Å²) in [5.41, 5.74) is 6.01. The smallest absolute Gasteiger partial charge is 0.410 e. The number of piperidine rings is 1. The number of anilines is 1.